The van der Waals surface area contributed by atoms with Crippen molar-refractivity contribution in [2.24, 2.45) is 26.8 Å². The molecule has 0 radical (unpaired) electrons. The molecule has 0 aromatic carbocycles. The van der Waals surface area contributed by atoms with Gasteiger partial charge >= 0.3 is 5.97 Å². The number of hydrogen-bond acceptors (Lipinski definition) is 4. The lowest BCUT2D eigenvalue weighted by molar-refractivity contribution is -0.137. The van der Waals surface area contributed by atoms with Crippen LogP contribution in [0.3, 0.4) is 0 Å². The minimum atomic E-state index is -0.963. The lowest BCUT2D eigenvalue weighted by Gasteiger charge is -2.12. The van der Waals surface area contributed by atoms with Crippen molar-refractivity contribution in [3.8, 4) is 0 Å². The van der Waals surface area contributed by atoms with Gasteiger partial charge in [0, 0.05) is 12.8 Å². The number of carboxylic acid groups (broad SMARTS) is 1. The van der Waals surface area contributed by atoms with E-state index in [1.54, 1.807) is 0 Å². The zero-order valence-electron chi connectivity index (χ0n) is 9.54. The molecular formula is C10H15N3O2S. The van der Waals surface area contributed by atoms with E-state index in [4.69, 9.17) is 5.11 Å². The van der Waals surface area contributed by atoms with Gasteiger partial charge in [-0.05, 0) is 12.2 Å². The van der Waals surface area contributed by atoms with Crippen LogP contribution in [0.4, 0.5) is 0 Å². The first-order chi connectivity index (χ1) is 7.54. The van der Waals surface area contributed by atoms with Gasteiger partial charge in [-0.2, -0.15) is 0 Å². The molecule has 5 nitrogen and oxygen atoms in total. The molecule has 0 spiro atoms. The molecule has 1 aliphatic rings. The Hall–Kier alpha value is -1.17. The van der Waals surface area contributed by atoms with E-state index in [0.717, 1.165) is 0 Å². The summed E-state index contributed by atoms with van der Waals surface area (Å²) in [6.07, 6.45) is 3.23. The molecular weight excluding hydrogens is 226 g/mol. The summed E-state index contributed by atoms with van der Waals surface area (Å²) in [7, 11) is 0. The molecule has 88 valence electrons. The highest BCUT2D eigenvalue weighted by atomic mass is 32.2. The van der Waals surface area contributed by atoms with E-state index in [-0.39, 0.29) is 0 Å². The molecule has 0 aromatic rings. The summed E-state index contributed by atoms with van der Waals surface area (Å²) < 4.78 is 0. The topological polar surface area (TPSA) is 74.4 Å². The summed E-state index contributed by atoms with van der Waals surface area (Å²) in [5, 5.41) is 9.54. The van der Waals surface area contributed by atoms with Crippen LogP contribution in [0.2, 0.25) is 0 Å². The van der Waals surface area contributed by atoms with E-state index in [1.165, 1.54) is 18.0 Å². The maximum Gasteiger partial charge on any atom is 0.319 e. The fraction of sp³-hybridized carbons (Fsp3) is 0.600. The lowest BCUT2D eigenvalue weighted by Crippen LogP contribution is -2.28. The van der Waals surface area contributed by atoms with Crippen molar-refractivity contribution in [1.29, 1.82) is 0 Å². The number of nitrogens with zero attached hydrogens (tertiary/aromatic N) is 3. The Bertz CT molecular complexity index is 361. The van der Waals surface area contributed by atoms with Crippen molar-refractivity contribution in [2.75, 3.05) is 12.8 Å². The van der Waals surface area contributed by atoms with Crippen LogP contribution >= 0.6 is 11.8 Å². The Labute approximate surface area is 98.8 Å². The Morgan fingerprint density at radius 3 is 2.88 bits per heavy atom. The van der Waals surface area contributed by atoms with E-state index in [2.05, 4.69) is 15.0 Å². The van der Waals surface area contributed by atoms with Crippen LogP contribution in [0.15, 0.2) is 15.0 Å². The molecule has 0 aliphatic carbocycles. The number of aliphatic imine (C=N–C) groups is 3. The molecule has 0 amide bonds. The number of rotatable bonds is 3. The first kappa shape index (κ1) is 12.9. The van der Waals surface area contributed by atoms with Crippen LogP contribution < -0.4 is 0 Å². The second kappa shape index (κ2) is 5.79. The largest absolute Gasteiger partial charge is 0.480 e. The van der Waals surface area contributed by atoms with Crippen molar-refractivity contribution in [2.45, 2.75) is 13.8 Å². The number of carboxylic acids is 1. The number of aliphatic carboxylic acids is 1. The third-order valence-corrected chi connectivity index (χ3v) is 2.45. The monoisotopic (exact) mass is 241 g/mol. The fourth-order valence-electron chi connectivity index (χ4n) is 1.08. The normalized spacial score (nSPS) is 22.6. The van der Waals surface area contributed by atoms with Gasteiger partial charge in [-0.1, -0.05) is 25.6 Å². The van der Waals surface area contributed by atoms with E-state index >= 15 is 0 Å². The maximum atomic E-state index is 11.0. The van der Waals surface area contributed by atoms with Crippen molar-refractivity contribution in [1.82, 2.24) is 0 Å². The van der Waals surface area contributed by atoms with Crippen LogP contribution in [0, 0.1) is 11.8 Å². The predicted molar refractivity (Wildman–Crippen MR) is 67.7 cm³/mol. The molecule has 0 fully saturated rings. The van der Waals surface area contributed by atoms with Crippen molar-refractivity contribution in [3.63, 3.8) is 0 Å². The molecule has 0 saturated heterocycles. The van der Waals surface area contributed by atoms with Gasteiger partial charge in [0.1, 0.15) is 5.84 Å². The standard InChI is InChI=1S/C10H15N3O2S/c1-6(2)4-11-8-7(9(14)15)5-12-10(13-8)16-3/h5-7H,4H2,1-3H3,(H,14,15). The van der Waals surface area contributed by atoms with Crippen molar-refractivity contribution in [3.05, 3.63) is 0 Å². The average Bonchev–Trinajstić information content (AvgIpc) is 2.25. The minimum absolute atomic E-state index is 0.348. The molecule has 1 atom stereocenters. The number of hydrogen-bond donors (Lipinski definition) is 1. The molecule has 0 bridgehead atoms. The van der Waals surface area contributed by atoms with Gasteiger partial charge < -0.3 is 5.11 Å². The van der Waals surface area contributed by atoms with Gasteiger partial charge in [0.25, 0.3) is 0 Å². The van der Waals surface area contributed by atoms with Gasteiger partial charge in [-0.25, -0.2) is 9.98 Å². The first-order valence-corrected chi connectivity index (χ1v) is 6.21. The molecule has 1 heterocycles. The van der Waals surface area contributed by atoms with E-state index in [0.29, 0.717) is 23.5 Å². The van der Waals surface area contributed by atoms with E-state index < -0.39 is 11.9 Å². The Morgan fingerprint density at radius 2 is 2.38 bits per heavy atom. The first-order valence-electron chi connectivity index (χ1n) is 4.98. The van der Waals surface area contributed by atoms with Gasteiger partial charge in [-0.3, -0.25) is 9.79 Å². The van der Waals surface area contributed by atoms with E-state index in [1.807, 2.05) is 20.1 Å². The van der Waals surface area contributed by atoms with Crippen LogP contribution in [0.5, 0.6) is 0 Å². The number of amidine groups is 2. The van der Waals surface area contributed by atoms with Gasteiger partial charge in [-0.15, -0.1) is 0 Å². The molecule has 0 saturated carbocycles. The highest BCUT2D eigenvalue weighted by Gasteiger charge is 2.25. The highest BCUT2D eigenvalue weighted by Crippen LogP contribution is 2.12. The molecule has 16 heavy (non-hydrogen) atoms. The molecule has 1 aliphatic heterocycles. The second-order valence-electron chi connectivity index (χ2n) is 3.79. The maximum absolute atomic E-state index is 11.0. The van der Waals surface area contributed by atoms with E-state index in [9.17, 15) is 4.79 Å². The Morgan fingerprint density at radius 1 is 1.69 bits per heavy atom. The molecule has 1 unspecified atom stereocenters. The lowest BCUT2D eigenvalue weighted by atomic mass is 10.1. The minimum Gasteiger partial charge on any atom is -0.480 e. The van der Waals surface area contributed by atoms with Crippen LogP contribution in [0.1, 0.15) is 13.8 Å². The Balaban J connectivity index is 2.90. The molecule has 1 rings (SSSR count). The summed E-state index contributed by atoms with van der Waals surface area (Å²) in [4.78, 5) is 23.3. The van der Waals surface area contributed by atoms with Crippen LogP contribution in [0.25, 0.3) is 0 Å². The summed E-state index contributed by atoms with van der Waals surface area (Å²) in [6, 6.07) is 0. The third kappa shape index (κ3) is 3.44. The third-order valence-electron chi connectivity index (χ3n) is 1.89. The van der Waals surface area contributed by atoms with Gasteiger partial charge in [0.2, 0.25) is 0 Å². The second-order valence-corrected chi connectivity index (χ2v) is 4.56. The summed E-state index contributed by atoms with van der Waals surface area (Å²) in [6.45, 7) is 4.63. The summed E-state index contributed by atoms with van der Waals surface area (Å²) in [5.74, 6) is -1.04. The van der Waals surface area contributed by atoms with Gasteiger partial charge in [0.15, 0.2) is 11.1 Å². The number of carbonyl (C=O) groups is 1. The van der Waals surface area contributed by atoms with Gasteiger partial charge in [0.05, 0.1) is 0 Å². The zero-order valence-corrected chi connectivity index (χ0v) is 10.4. The highest BCUT2D eigenvalue weighted by molar-refractivity contribution is 8.13. The Kier molecular flexibility index (Phi) is 4.67. The molecule has 0 aromatic heterocycles. The van der Waals surface area contributed by atoms with Crippen molar-refractivity contribution < 1.29 is 9.90 Å². The molecule has 1 N–H and O–H groups in total. The quantitative estimate of drug-likeness (QED) is 0.814. The SMILES string of the molecule is CSC1=NC(=NCC(C)C)C(C(=O)O)C=N1. The average molecular weight is 241 g/mol. The summed E-state index contributed by atoms with van der Waals surface area (Å²) >= 11 is 1.38. The smallest absolute Gasteiger partial charge is 0.319 e. The zero-order chi connectivity index (χ0) is 12.1. The summed E-state index contributed by atoms with van der Waals surface area (Å²) in [5.41, 5.74) is 0. The predicted octanol–water partition coefficient (Wildman–Crippen LogP) is 1.55. The van der Waals surface area contributed by atoms with Crippen LogP contribution in [-0.4, -0.2) is 41.1 Å². The number of thioether (sulfide) groups is 1. The van der Waals surface area contributed by atoms with Crippen molar-refractivity contribution >= 4 is 34.9 Å². The van der Waals surface area contributed by atoms with Crippen LogP contribution in [-0.2, 0) is 4.79 Å². The molecule has 6 heteroatoms. The fourth-order valence-corrected chi connectivity index (χ4v) is 1.43.